The van der Waals surface area contributed by atoms with E-state index < -0.39 is 4.92 Å². The number of aryl methyl sites for hydroxylation is 1. The Morgan fingerprint density at radius 2 is 2.21 bits per heavy atom. The van der Waals surface area contributed by atoms with Crippen LogP contribution in [0.3, 0.4) is 0 Å². The SMILES string of the molecule is CCOc1c([N+](=O)[O-])ccc(C)c1Br. The van der Waals surface area contributed by atoms with Crippen molar-refractivity contribution in [2.75, 3.05) is 6.61 Å². The van der Waals surface area contributed by atoms with Gasteiger partial charge in [-0.3, -0.25) is 10.1 Å². The highest BCUT2D eigenvalue weighted by Crippen LogP contribution is 2.37. The van der Waals surface area contributed by atoms with Gasteiger partial charge in [-0.05, 0) is 35.3 Å². The van der Waals surface area contributed by atoms with Gasteiger partial charge in [0.25, 0.3) is 0 Å². The Kier molecular flexibility index (Phi) is 3.46. The molecule has 5 heteroatoms. The van der Waals surface area contributed by atoms with Crippen molar-refractivity contribution in [1.82, 2.24) is 0 Å². The minimum Gasteiger partial charge on any atom is -0.486 e. The van der Waals surface area contributed by atoms with Crippen LogP contribution < -0.4 is 4.74 Å². The molecule has 0 fully saturated rings. The second-order valence-corrected chi connectivity index (χ2v) is 3.53. The second-order valence-electron chi connectivity index (χ2n) is 2.73. The summed E-state index contributed by atoms with van der Waals surface area (Å²) in [4.78, 5) is 10.2. The molecule has 0 atom stereocenters. The van der Waals surface area contributed by atoms with Crippen molar-refractivity contribution in [3.8, 4) is 5.75 Å². The summed E-state index contributed by atoms with van der Waals surface area (Å²) in [5.74, 6) is 0.303. The molecule has 1 rings (SSSR count). The Morgan fingerprint density at radius 3 is 2.71 bits per heavy atom. The average molecular weight is 260 g/mol. The summed E-state index contributed by atoms with van der Waals surface area (Å²) >= 11 is 3.27. The maximum atomic E-state index is 10.7. The number of hydrogen-bond acceptors (Lipinski definition) is 3. The van der Waals surface area contributed by atoms with E-state index in [4.69, 9.17) is 4.74 Å². The number of nitrogens with zero attached hydrogens (tertiary/aromatic N) is 1. The maximum Gasteiger partial charge on any atom is 0.312 e. The Balaban J connectivity index is 3.29. The molecule has 0 aliphatic heterocycles. The van der Waals surface area contributed by atoms with E-state index in [9.17, 15) is 10.1 Å². The van der Waals surface area contributed by atoms with Crippen LogP contribution in [-0.4, -0.2) is 11.5 Å². The lowest BCUT2D eigenvalue weighted by molar-refractivity contribution is -0.385. The quantitative estimate of drug-likeness (QED) is 0.619. The number of nitro benzene ring substituents is 1. The Bertz CT molecular complexity index is 365. The van der Waals surface area contributed by atoms with E-state index >= 15 is 0 Å². The molecule has 0 aliphatic carbocycles. The van der Waals surface area contributed by atoms with E-state index in [-0.39, 0.29) is 5.69 Å². The largest absolute Gasteiger partial charge is 0.486 e. The molecule has 4 nitrogen and oxygen atoms in total. The molecule has 0 unspecified atom stereocenters. The van der Waals surface area contributed by atoms with E-state index in [0.29, 0.717) is 16.8 Å². The fourth-order valence-electron chi connectivity index (χ4n) is 1.07. The minimum absolute atomic E-state index is 0.00988. The van der Waals surface area contributed by atoms with Crippen LogP contribution >= 0.6 is 15.9 Å². The highest BCUT2D eigenvalue weighted by molar-refractivity contribution is 9.10. The summed E-state index contributed by atoms with van der Waals surface area (Å²) in [6.45, 7) is 4.05. The van der Waals surface area contributed by atoms with Crippen LogP contribution in [0, 0.1) is 17.0 Å². The molecule has 0 saturated heterocycles. The Morgan fingerprint density at radius 1 is 1.57 bits per heavy atom. The number of rotatable bonds is 3. The van der Waals surface area contributed by atoms with Gasteiger partial charge in [-0.15, -0.1) is 0 Å². The fourth-order valence-corrected chi connectivity index (χ4v) is 1.52. The summed E-state index contributed by atoms with van der Waals surface area (Å²) in [5, 5.41) is 10.7. The molecule has 0 heterocycles. The van der Waals surface area contributed by atoms with Crippen LogP contribution in [-0.2, 0) is 0 Å². The molecular formula is C9H10BrNO3. The molecule has 0 spiro atoms. The number of hydrogen-bond donors (Lipinski definition) is 0. The van der Waals surface area contributed by atoms with Gasteiger partial charge in [0.05, 0.1) is 16.0 Å². The van der Waals surface area contributed by atoms with Gasteiger partial charge in [-0.1, -0.05) is 6.07 Å². The minimum atomic E-state index is -0.449. The molecule has 1 aromatic rings. The van der Waals surface area contributed by atoms with E-state index in [1.54, 1.807) is 13.0 Å². The molecule has 14 heavy (non-hydrogen) atoms. The molecule has 0 aromatic heterocycles. The zero-order valence-electron chi connectivity index (χ0n) is 7.91. The monoisotopic (exact) mass is 259 g/mol. The zero-order valence-corrected chi connectivity index (χ0v) is 9.50. The lowest BCUT2D eigenvalue weighted by Crippen LogP contribution is -1.99. The lowest BCUT2D eigenvalue weighted by Gasteiger charge is -2.07. The number of halogens is 1. The van der Waals surface area contributed by atoms with Gasteiger partial charge in [0, 0.05) is 6.07 Å². The highest BCUT2D eigenvalue weighted by Gasteiger charge is 2.19. The van der Waals surface area contributed by atoms with E-state index in [2.05, 4.69) is 15.9 Å². The van der Waals surface area contributed by atoms with Crippen LogP contribution in [0.5, 0.6) is 5.75 Å². The summed E-state index contributed by atoms with van der Waals surface area (Å²) in [7, 11) is 0. The van der Waals surface area contributed by atoms with Gasteiger partial charge in [-0.25, -0.2) is 0 Å². The molecule has 0 amide bonds. The Hall–Kier alpha value is -1.10. The third-order valence-electron chi connectivity index (χ3n) is 1.75. The normalized spacial score (nSPS) is 9.93. The van der Waals surface area contributed by atoms with Gasteiger partial charge in [0.15, 0.2) is 0 Å². The molecule has 0 aliphatic rings. The molecule has 1 aromatic carbocycles. The van der Waals surface area contributed by atoms with Gasteiger partial charge < -0.3 is 4.74 Å². The predicted octanol–water partition coefficient (Wildman–Crippen LogP) is 3.06. The van der Waals surface area contributed by atoms with E-state index in [1.807, 2.05) is 6.92 Å². The van der Waals surface area contributed by atoms with E-state index in [0.717, 1.165) is 5.56 Å². The van der Waals surface area contributed by atoms with Crippen molar-refractivity contribution in [3.63, 3.8) is 0 Å². The molecule has 76 valence electrons. The summed E-state index contributed by atoms with van der Waals surface area (Å²) in [6.07, 6.45) is 0. The van der Waals surface area contributed by atoms with Crippen LogP contribution in [0.25, 0.3) is 0 Å². The first-order chi connectivity index (χ1) is 6.57. The molecule has 0 radical (unpaired) electrons. The Labute approximate surface area is 90.2 Å². The van der Waals surface area contributed by atoms with Crippen molar-refractivity contribution in [2.45, 2.75) is 13.8 Å². The van der Waals surface area contributed by atoms with Crippen LogP contribution in [0.4, 0.5) is 5.69 Å². The summed E-state index contributed by atoms with van der Waals surface area (Å²) in [5.41, 5.74) is 0.906. The average Bonchev–Trinajstić information content (AvgIpc) is 2.13. The first-order valence-corrected chi connectivity index (χ1v) is 4.93. The fraction of sp³-hybridized carbons (Fsp3) is 0.333. The topological polar surface area (TPSA) is 52.4 Å². The van der Waals surface area contributed by atoms with Gasteiger partial charge in [0.1, 0.15) is 0 Å². The predicted molar refractivity (Wildman–Crippen MR) is 56.7 cm³/mol. The number of ether oxygens (including phenoxy) is 1. The standard InChI is InChI=1S/C9H10BrNO3/c1-3-14-9-7(11(12)13)5-4-6(2)8(9)10/h4-5H,3H2,1-2H3. The van der Waals surface area contributed by atoms with Gasteiger partial charge in [0.2, 0.25) is 5.75 Å². The highest BCUT2D eigenvalue weighted by atomic mass is 79.9. The van der Waals surface area contributed by atoms with Crippen LogP contribution in [0.1, 0.15) is 12.5 Å². The van der Waals surface area contributed by atoms with Crippen molar-refractivity contribution in [2.24, 2.45) is 0 Å². The number of nitro groups is 1. The lowest BCUT2D eigenvalue weighted by atomic mass is 10.2. The van der Waals surface area contributed by atoms with Gasteiger partial charge in [-0.2, -0.15) is 0 Å². The molecule has 0 saturated carbocycles. The molecular weight excluding hydrogens is 250 g/mol. The summed E-state index contributed by atoms with van der Waals surface area (Å²) < 4.78 is 5.87. The third kappa shape index (κ3) is 2.04. The molecule has 0 bridgehead atoms. The number of benzene rings is 1. The first-order valence-electron chi connectivity index (χ1n) is 4.14. The second kappa shape index (κ2) is 4.41. The van der Waals surface area contributed by atoms with Crippen LogP contribution in [0.2, 0.25) is 0 Å². The zero-order chi connectivity index (χ0) is 10.7. The summed E-state index contributed by atoms with van der Waals surface area (Å²) in [6, 6.07) is 3.13. The maximum absolute atomic E-state index is 10.7. The smallest absolute Gasteiger partial charge is 0.312 e. The van der Waals surface area contributed by atoms with Crippen molar-refractivity contribution >= 4 is 21.6 Å². The van der Waals surface area contributed by atoms with E-state index in [1.165, 1.54) is 6.07 Å². The van der Waals surface area contributed by atoms with Gasteiger partial charge >= 0.3 is 5.69 Å². The molecule has 0 N–H and O–H groups in total. The first kappa shape index (κ1) is 11.0. The van der Waals surface area contributed by atoms with Crippen molar-refractivity contribution in [3.05, 3.63) is 32.3 Å². The van der Waals surface area contributed by atoms with Crippen molar-refractivity contribution in [1.29, 1.82) is 0 Å². The van der Waals surface area contributed by atoms with Crippen molar-refractivity contribution < 1.29 is 9.66 Å². The van der Waals surface area contributed by atoms with Crippen LogP contribution in [0.15, 0.2) is 16.6 Å². The third-order valence-corrected chi connectivity index (χ3v) is 2.74.